The van der Waals surface area contributed by atoms with Crippen LogP contribution in [0.3, 0.4) is 0 Å². The second-order valence-electron chi connectivity index (χ2n) is 6.64. The molecule has 0 fully saturated rings. The Morgan fingerprint density at radius 3 is 2.84 bits per heavy atom. The Kier molecular flexibility index (Phi) is 6.07. The summed E-state index contributed by atoms with van der Waals surface area (Å²) in [5, 5.41) is 12.6. The Morgan fingerprint density at radius 1 is 1.39 bits per heavy atom. The highest BCUT2D eigenvalue weighted by atomic mass is 35.5. The van der Waals surface area contributed by atoms with Crippen molar-refractivity contribution in [1.82, 2.24) is 4.57 Å². The van der Waals surface area contributed by atoms with Gasteiger partial charge in [0.25, 0.3) is 5.56 Å². The van der Waals surface area contributed by atoms with Crippen LogP contribution >= 0.6 is 45.9 Å². The number of carbonyl (C=O) groups is 1. The Morgan fingerprint density at radius 2 is 2.16 bits per heavy atom. The maximum absolute atomic E-state index is 13.4. The molecule has 1 aliphatic rings. The molecule has 2 aromatic heterocycles. The van der Waals surface area contributed by atoms with Crippen LogP contribution in [0.1, 0.15) is 30.3 Å². The Bertz CT molecular complexity index is 1390. The quantitative estimate of drug-likeness (QED) is 0.558. The van der Waals surface area contributed by atoms with Gasteiger partial charge in [0.15, 0.2) is 4.80 Å². The van der Waals surface area contributed by atoms with Crippen LogP contribution in [0.2, 0.25) is 10.0 Å². The topological polar surface area (TPSA) is 80.9 Å². The summed E-state index contributed by atoms with van der Waals surface area (Å²) < 4.78 is 7.06. The highest BCUT2D eigenvalue weighted by molar-refractivity contribution is 7.10. The lowest BCUT2D eigenvalue weighted by molar-refractivity contribution is -0.139. The third-order valence-electron chi connectivity index (χ3n) is 4.67. The number of fused-ring (bicyclic) bond motifs is 1. The van der Waals surface area contributed by atoms with Crippen LogP contribution in [-0.2, 0) is 9.53 Å². The minimum absolute atomic E-state index is 0.0865. The van der Waals surface area contributed by atoms with E-state index in [1.807, 2.05) is 17.5 Å². The molecule has 1 N–H and O–H groups in total. The van der Waals surface area contributed by atoms with Gasteiger partial charge in [-0.2, -0.15) is 0 Å². The van der Waals surface area contributed by atoms with Crippen molar-refractivity contribution in [3.63, 3.8) is 0 Å². The van der Waals surface area contributed by atoms with E-state index >= 15 is 0 Å². The molecule has 0 bridgehead atoms. The number of aromatic hydroxyl groups is 1. The van der Waals surface area contributed by atoms with Crippen LogP contribution in [0, 0.1) is 0 Å². The minimum Gasteiger partial charge on any atom is -0.506 e. The van der Waals surface area contributed by atoms with E-state index in [4.69, 9.17) is 27.9 Å². The van der Waals surface area contributed by atoms with E-state index in [1.165, 1.54) is 34.1 Å². The number of hydrogen-bond donors (Lipinski definition) is 1. The zero-order chi connectivity index (χ0) is 22.3. The van der Waals surface area contributed by atoms with E-state index in [9.17, 15) is 14.7 Å². The molecule has 1 aliphatic heterocycles. The predicted octanol–water partition coefficient (Wildman–Crippen LogP) is 3.87. The number of rotatable bonds is 4. The van der Waals surface area contributed by atoms with E-state index in [0.29, 0.717) is 31.2 Å². The van der Waals surface area contributed by atoms with E-state index in [-0.39, 0.29) is 22.9 Å². The molecule has 0 spiro atoms. The number of phenols is 1. The summed E-state index contributed by atoms with van der Waals surface area (Å²) in [6.45, 7) is 3.67. The lowest BCUT2D eigenvalue weighted by Gasteiger charge is -2.23. The van der Waals surface area contributed by atoms with Gasteiger partial charge in [-0.15, -0.1) is 11.3 Å². The van der Waals surface area contributed by atoms with Crippen LogP contribution < -0.4 is 14.9 Å². The summed E-state index contributed by atoms with van der Waals surface area (Å²) >= 11 is 14.7. The first kappa shape index (κ1) is 21.8. The number of ether oxygens (including phenoxy) is 1. The van der Waals surface area contributed by atoms with Crippen molar-refractivity contribution in [2.24, 2.45) is 4.99 Å². The van der Waals surface area contributed by atoms with Gasteiger partial charge in [-0.05, 0) is 43.5 Å². The smallest absolute Gasteiger partial charge is 0.338 e. The van der Waals surface area contributed by atoms with Gasteiger partial charge in [0, 0.05) is 15.5 Å². The second-order valence-corrected chi connectivity index (χ2v) is 9.48. The Labute approximate surface area is 195 Å². The fourth-order valence-corrected chi connectivity index (χ4v) is 5.71. The molecular formula is C21H16Cl2N2O4S2. The van der Waals surface area contributed by atoms with Crippen molar-refractivity contribution in [2.75, 3.05) is 6.61 Å². The van der Waals surface area contributed by atoms with E-state index in [0.717, 1.165) is 16.2 Å². The number of benzene rings is 1. The van der Waals surface area contributed by atoms with Crippen molar-refractivity contribution in [3.05, 3.63) is 81.1 Å². The summed E-state index contributed by atoms with van der Waals surface area (Å²) in [6.07, 6.45) is 1.52. The Hall–Kier alpha value is -2.39. The largest absolute Gasteiger partial charge is 0.506 e. The highest BCUT2D eigenvalue weighted by Crippen LogP contribution is 2.34. The zero-order valence-electron chi connectivity index (χ0n) is 16.4. The third-order valence-corrected chi connectivity index (χ3v) is 7.09. The summed E-state index contributed by atoms with van der Waals surface area (Å²) in [7, 11) is 0. The zero-order valence-corrected chi connectivity index (χ0v) is 19.5. The van der Waals surface area contributed by atoms with Gasteiger partial charge in [0.05, 0.1) is 27.4 Å². The molecule has 3 aromatic rings. The van der Waals surface area contributed by atoms with Crippen molar-refractivity contribution < 1.29 is 14.6 Å². The maximum Gasteiger partial charge on any atom is 0.338 e. The number of aromatic nitrogens is 1. The second kappa shape index (κ2) is 8.63. The lowest BCUT2D eigenvalue weighted by atomic mass is 10.0. The van der Waals surface area contributed by atoms with Gasteiger partial charge in [-0.3, -0.25) is 9.36 Å². The third kappa shape index (κ3) is 3.96. The standard InChI is InChI=1S/C21H16Cl2N2O4S2/c1-3-29-20(28)16-10(2)24-21-25(17(16)14-5-4-6-30-14)19(27)15(31-21)8-11-7-12(22)9-13(23)18(11)26/h4-9,17,26H,3H2,1-2H3/t17-/m0/s1. The van der Waals surface area contributed by atoms with Gasteiger partial charge >= 0.3 is 5.97 Å². The number of halogens is 2. The first-order valence-corrected chi connectivity index (χ1v) is 11.7. The highest BCUT2D eigenvalue weighted by Gasteiger charge is 2.33. The molecule has 3 heterocycles. The van der Waals surface area contributed by atoms with Crippen LogP contribution in [0.15, 0.2) is 50.7 Å². The molecular weight excluding hydrogens is 479 g/mol. The normalized spacial score (nSPS) is 16.3. The Balaban J connectivity index is 1.97. The molecule has 0 unspecified atom stereocenters. The fourth-order valence-electron chi connectivity index (χ4n) is 3.34. The van der Waals surface area contributed by atoms with E-state index in [1.54, 1.807) is 13.8 Å². The van der Waals surface area contributed by atoms with E-state index < -0.39 is 12.0 Å². The predicted molar refractivity (Wildman–Crippen MR) is 123 cm³/mol. The molecule has 0 saturated carbocycles. The monoisotopic (exact) mass is 494 g/mol. The van der Waals surface area contributed by atoms with Gasteiger partial charge in [0.1, 0.15) is 11.8 Å². The average Bonchev–Trinajstić information content (AvgIpc) is 3.34. The average molecular weight is 495 g/mol. The first-order chi connectivity index (χ1) is 14.8. The summed E-state index contributed by atoms with van der Waals surface area (Å²) in [5.74, 6) is -0.675. The fraction of sp³-hybridized carbons (Fsp3) is 0.190. The van der Waals surface area contributed by atoms with Gasteiger partial charge in [0.2, 0.25) is 0 Å². The molecule has 6 nitrogen and oxygen atoms in total. The van der Waals surface area contributed by atoms with Crippen LogP contribution in [0.4, 0.5) is 0 Å². The maximum atomic E-state index is 13.4. The number of esters is 1. The molecule has 1 aromatic carbocycles. The minimum atomic E-state index is -0.644. The molecule has 0 aliphatic carbocycles. The van der Waals surface area contributed by atoms with Crippen LogP contribution in [0.5, 0.6) is 5.75 Å². The molecule has 160 valence electrons. The molecule has 10 heteroatoms. The molecule has 4 rings (SSSR count). The molecule has 0 radical (unpaired) electrons. The molecule has 0 amide bonds. The number of hydrogen-bond acceptors (Lipinski definition) is 7. The number of thiophene rings is 1. The first-order valence-electron chi connectivity index (χ1n) is 9.23. The van der Waals surface area contributed by atoms with Crippen molar-refractivity contribution in [3.8, 4) is 5.75 Å². The lowest BCUT2D eigenvalue weighted by Crippen LogP contribution is -2.39. The van der Waals surface area contributed by atoms with E-state index in [2.05, 4.69) is 4.99 Å². The number of allylic oxidation sites excluding steroid dienone is 1. The SMILES string of the molecule is CCOC(=O)C1=C(C)N=c2sc(=Cc3cc(Cl)cc(Cl)c3O)c(=O)n2[C@H]1c1cccs1. The summed E-state index contributed by atoms with van der Waals surface area (Å²) in [5.41, 5.74) is 0.805. The number of phenolic OH excluding ortho intramolecular Hbond substituents is 1. The summed E-state index contributed by atoms with van der Waals surface area (Å²) in [4.78, 5) is 31.9. The van der Waals surface area contributed by atoms with Crippen LogP contribution in [-0.4, -0.2) is 22.2 Å². The number of thiazole rings is 1. The van der Waals surface area contributed by atoms with Gasteiger partial charge in [-0.25, -0.2) is 9.79 Å². The molecule has 1 atom stereocenters. The number of carbonyl (C=O) groups excluding carboxylic acids is 1. The van der Waals surface area contributed by atoms with Crippen LogP contribution in [0.25, 0.3) is 6.08 Å². The van der Waals surface area contributed by atoms with Crippen molar-refractivity contribution in [1.29, 1.82) is 0 Å². The molecule has 31 heavy (non-hydrogen) atoms. The number of nitrogens with zero attached hydrogens (tertiary/aromatic N) is 2. The summed E-state index contributed by atoms with van der Waals surface area (Å²) in [6, 6.07) is 6.03. The van der Waals surface area contributed by atoms with Crippen molar-refractivity contribution in [2.45, 2.75) is 19.9 Å². The molecule has 0 saturated heterocycles. The van der Waals surface area contributed by atoms with Crippen molar-refractivity contribution >= 4 is 57.9 Å². The van der Waals surface area contributed by atoms with Gasteiger partial charge in [-0.1, -0.05) is 40.6 Å². The van der Waals surface area contributed by atoms with Gasteiger partial charge < -0.3 is 9.84 Å².